The Morgan fingerprint density at radius 2 is 1.85 bits per heavy atom. The number of aryl methyl sites for hydroxylation is 1. The Bertz CT molecular complexity index is 856. The van der Waals surface area contributed by atoms with Crippen molar-refractivity contribution in [2.24, 2.45) is 0 Å². The number of carbonyl (C=O) groups excluding carboxylic acids is 3. The number of nitrogens with one attached hydrogen (secondary N) is 2. The lowest BCUT2D eigenvalue weighted by Gasteiger charge is -2.08. The number of methoxy groups -OCH3 is 1. The first-order valence-corrected chi connectivity index (χ1v) is 8.34. The zero-order chi connectivity index (χ0) is 20.0. The molecule has 0 radical (unpaired) electrons. The van der Waals surface area contributed by atoms with E-state index in [4.69, 9.17) is 14.2 Å². The van der Waals surface area contributed by atoms with Crippen LogP contribution in [-0.4, -0.2) is 43.2 Å². The molecule has 0 fully saturated rings. The lowest BCUT2D eigenvalue weighted by molar-refractivity contribution is -0.119. The summed E-state index contributed by atoms with van der Waals surface area (Å²) in [5, 5.41) is 2.61. The molecule has 27 heavy (non-hydrogen) atoms. The number of aromatic amines is 1. The number of carbonyl (C=O) groups is 3. The molecule has 0 aliphatic heterocycles. The van der Waals surface area contributed by atoms with Crippen LogP contribution in [0.2, 0.25) is 0 Å². The topological polar surface area (TPSA) is 107 Å². The van der Waals surface area contributed by atoms with E-state index in [0.29, 0.717) is 28.3 Å². The van der Waals surface area contributed by atoms with Crippen molar-refractivity contribution in [2.45, 2.75) is 20.8 Å². The largest absolute Gasteiger partial charge is 0.497 e. The fraction of sp³-hybridized carbons (Fsp3) is 0.316. The minimum Gasteiger partial charge on any atom is -0.497 e. The average Bonchev–Trinajstić information content (AvgIpc) is 2.94. The summed E-state index contributed by atoms with van der Waals surface area (Å²) < 4.78 is 15.1. The Kier molecular flexibility index (Phi) is 6.59. The summed E-state index contributed by atoms with van der Waals surface area (Å²) in [6.07, 6.45) is 0. The van der Waals surface area contributed by atoms with E-state index in [-0.39, 0.29) is 12.3 Å². The van der Waals surface area contributed by atoms with E-state index in [0.717, 1.165) is 0 Å². The molecule has 0 spiro atoms. The lowest BCUT2D eigenvalue weighted by atomic mass is 10.1. The van der Waals surface area contributed by atoms with Crippen molar-refractivity contribution in [3.63, 3.8) is 0 Å². The summed E-state index contributed by atoms with van der Waals surface area (Å²) >= 11 is 0. The Morgan fingerprint density at radius 1 is 1.11 bits per heavy atom. The monoisotopic (exact) mass is 374 g/mol. The maximum atomic E-state index is 12.3. The van der Waals surface area contributed by atoms with Crippen LogP contribution in [0.15, 0.2) is 24.3 Å². The van der Waals surface area contributed by atoms with Crippen molar-refractivity contribution >= 4 is 23.5 Å². The highest BCUT2D eigenvalue weighted by atomic mass is 16.5. The molecule has 0 aliphatic rings. The average molecular weight is 374 g/mol. The third-order valence-corrected chi connectivity index (χ3v) is 3.81. The molecule has 0 bridgehead atoms. The van der Waals surface area contributed by atoms with Gasteiger partial charge in [0.05, 0.1) is 19.3 Å². The number of benzene rings is 1. The van der Waals surface area contributed by atoms with E-state index in [1.54, 1.807) is 45.0 Å². The van der Waals surface area contributed by atoms with Crippen LogP contribution in [0.3, 0.4) is 0 Å². The Hall–Kier alpha value is -3.29. The van der Waals surface area contributed by atoms with Crippen LogP contribution in [0, 0.1) is 13.8 Å². The third kappa shape index (κ3) is 4.87. The summed E-state index contributed by atoms with van der Waals surface area (Å²) in [6.45, 7) is 4.73. The SMILES string of the molecule is CCOC(=O)c1c(C)[nH]c(C(=O)OCC(=O)Nc2cccc(OC)c2)c1C. The second-order valence-corrected chi connectivity index (χ2v) is 5.70. The number of H-pyrrole nitrogens is 1. The molecule has 0 saturated heterocycles. The van der Waals surface area contributed by atoms with Crippen molar-refractivity contribution in [1.82, 2.24) is 4.98 Å². The van der Waals surface area contributed by atoms with Crippen molar-refractivity contribution in [3.8, 4) is 5.75 Å². The van der Waals surface area contributed by atoms with Crippen LogP contribution in [0.25, 0.3) is 0 Å². The van der Waals surface area contributed by atoms with Crippen molar-refractivity contribution in [3.05, 3.63) is 46.8 Å². The predicted octanol–water partition coefficient (Wildman–Crippen LogP) is 2.61. The molecule has 2 rings (SSSR count). The maximum absolute atomic E-state index is 12.3. The molecule has 8 nitrogen and oxygen atoms in total. The predicted molar refractivity (Wildman–Crippen MR) is 98.1 cm³/mol. The number of rotatable bonds is 7. The van der Waals surface area contributed by atoms with Gasteiger partial charge in [0, 0.05) is 17.4 Å². The third-order valence-electron chi connectivity index (χ3n) is 3.81. The fourth-order valence-corrected chi connectivity index (χ4v) is 2.56. The highest BCUT2D eigenvalue weighted by molar-refractivity contribution is 5.99. The first-order valence-electron chi connectivity index (χ1n) is 8.34. The first kappa shape index (κ1) is 20.0. The van der Waals surface area contributed by atoms with Gasteiger partial charge in [-0.2, -0.15) is 0 Å². The number of aromatic nitrogens is 1. The van der Waals surface area contributed by atoms with Crippen LogP contribution < -0.4 is 10.1 Å². The molecule has 1 amide bonds. The molecule has 0 saturated carbocycles. The van der Waals surface area contributed by atoms with Gasteiger partial charge in [-0.3, -0.25) is 4.79 Å². The van der Waals surface area contributed by atoms with Gasteiger partial charge in [-0.25, -0.2) is 9.59 Å². The number of amides is 1. The Balaban J connectivity index is 2.00. The zero-order valence-electron chi connectivity index (χ0n) is 15.7. The molecule has 1 heterocycles. The van der Waals surface area contributed by atoms with E-state index in [1.165, 1.54) is 7.11 Å². The molecule has 2 aromatic rings. The van der Waals surface area contributed by atoms with Gasteiger partial charge >= 0.3 is 11.9 Å². The van der Waals surface area contributed by atoms with Crippen molar-refractivity contribution in [1.29, 1.82) is 0 Å². The summed E-state index contributed by atoms with van der Waals surface area (Å²) in [4.78, 5) is 39.0. The van der Waals surface area contributed by atoms with Crippen LogP contribution in [-0.2, 0) is 14.3 Å². The van der Waals surface area contributed by atoms with Crippen molar-refractivity contribution < 1.29 is 28.6 Å². The van der Waals surface area contributed by atoms with Gasteiger partial charge < -0.3 is 24.5 Å². The van der Waals surface area contributed by atoms with Gasteiger partial charge in [0.2, 0.25) is 0 Å². The summed E-state index contributed by atoms with van der Waals surface area (Å²) in [7, 11) is 1.52. The molecule has 1 aromatic carbocycles. The molecule has 0 atom stereocenters. The second-order valence-electron chi connectivity index (χ2n) is 5.70. The van der Waals surface area contributed by atoms with Gasteiger partial charge in [0.25, 0.3) is 5.91 Å². The zero-order valence-corrected chi connectivity index (χ0v) is 15.7. The molecule has 2 N–H and O–H groups in total. The standard InChI is InChI=1S/C19H22N2O6/c1-5-26-18(23)16-11(2)17(20-12(16)3)19(24)27-10-15(22)21-13-7-6-8-14(9-13)25-4/h6-9,20H,5,10H2,1-4H3,(H,21,22). The molecule has 0 unspecified atom stereocenters. The molecule has 1 aromatic heterocycles. The Labute approximate surface area is 156 Å². The molecule has 8 heteroatoms. The summed E-state index contributed by atoms with van der Waals surface area (Å²) in [5.74, 6) is -1.15. The van der Waals surface area contributed by atoms with E-state index in [2.05, 4.69) is 10.3 Å². The highest BCUT2D eigenvalue weighted by Gasteiger charge is 2.24. The first-order chi connectivity index (χ1) is 12.9. The number of hydrogen-bond acceptors (Lipinski definition) is 6. The van der Waals surface area contributed by atoms with Gasteiger partial charge in [-0.1, -0.05) is 6.07 Å². The van der Waals surface area contributed by atoms with Crippen LogP contribution in [0.4, 0.5) is 5.69 Å². The molecular formula is C19H22N2O6. The minimum atomic E-state index is -0.730. The quantitative estimate of drug-likeness (QED) is 0.722. The molecule has 0 aliphatic carbocycles. The van der Waals surface area contributed by atoms with Gasteiger partial charge in [-0.15, -0.1) is 0 Å². The molecular weight excluding hydrogens is 352 g/mol. The van der Waals surface area contributed by atoms with Crippen LogP contribution in [0.5, 0.6) is 5.75 Å². The highest BCUT2D eigenvalue weighted by Crippen LogP contribution is 2.20. The fourth-order valence-electron chi connectivity index (χ4n) is 2.56. The van der Waals surface area contributed by atoms with E-state index in [1.807, 2.05) is 0 Å². The smallest absolute Gasteiger partial charge is 0.355 e. The maximum Gasteiger partial charge on any atom is 0.355 e. The Morgan fingerprint density at radius 3 is 2.52 bits per heavy atom. The van der Waals surface area contributed by atoms with E-state index >= 15 is 0 Å². The number of anilines is 1. The lowest BCUT2D eigenvalue weighted by Crippen LogP contribution is -2.21. The van der Waals surface area contributed by atoms with Gasteiger partial charge in [-0.05, 0) is 38.5 Å². The summed E-state index contributed by atoms with van der Waals surface area (Å²) in [5.41, 5.74) is 1.85. The van der Waals surface area contributed by atoms with E-state index in [9.17, 15) is 14.4 Å². The number of esters is 2. The number of hydrogen-bond donors (Lipinski definition) is 2. The van der Waals surface area contributed by atoms with Crippen LogP contribution in [0.1, 0.15) is 39.0 Å². The number of ether oxygens (including phenoxy) is 3. The second kappa shape index (κ2) is 8.88. The summed E-state index contributed by atoms with van der Waals surface area (Å²) in [6, 6.07) is 6.80. The van der Waals surface area contributed by atoms with Crippen LogP contribution >= 0.6 is 0 Å². The minimum absolute atomic E-state index is 0.115. The van der Waals surface area contributed by atoms with Gasteiger partial charge in [0.1, 0.15) is 11.4 Å². The van der Waals surface area contributed by atoms with Gasteiger partial charge in [0.15, 0.2) is 6.61 Å². The molecule has 144 valence electrons. The van der Waals surface area contributed by atoms with Crippen molar-refractivity contribution in [2.75, 3.05) is 25.6 Å². The normalized spacial score (nSPS) is 10.2. The van der Waals surface area contributed by atoms with E-state index < -0.39 is 24.5 Å².